The third-order valence-corrected chi connectivity index (χ3v) is 4.49. The molecule has 0 spiro atoms. The standard InChI is InChI=1S/C14H21NOS/c1-10-14(17-11(2)15-10)13(16)12-8-6-4-3-5-7-9-12/h8,13,16H,3-7,9H2,1-2H3. The van der Waals surface area contributed by atoms with Crippen LogP contribution >= 0.6 is 11.3 Å². The molecule has 0 bridgehead atoms. The summed E-state index contributed by atoms with van der Waals surface area (Å²) in [4.78, 5) is 5.44. The largest absolute Gasteiger partial charge is 0.383 e. The molecule has 0 amide bonds. The van der Waals surface area contributed by atoms with Gasteiger partial charge in [0, 0.05) is 0 Å². The highest BCUT2D eigenvalue weighted by molar-refractivity contribution is 7.11. The highest BCUT2D eigenvalue weighted by atomic mass is 32.1. The Labute approximate surface area is 107 Å². The molecule has 0 aromatic carbocycles. The maximum Gasteiger partial charge on any atom is 0.111 e. The van der Waals surface area contributed by atoms with Gasteiger partial charge in [-0.1, -0.05) is 18.9 Å². The number of aryl methyl sites for hydroxylation is 2. The average Bonchev–Trinajstić information content (AvgIpc) is 2.56. The second-order valence-electron chi connectivity index (χ2n) is 4.82. The lowest BCUT2D eigenvalue weighted by Crippen LogP contribution is -2.03. The maximum absolute atomic E-state index is 10.5. The highest BCUT2D eigenvalue weighted by Crippen LogP contribution is 2.33. The van der Waals surface area contributed by atoms with E-state index in [1.807, 2.05) is 13.8 Å². The molecule has 0 aliphatic heterocycles. The minimum absolute atomic E-state index is 0.417. The quantitative estimate of drug-likeness (QED) is 0.804. The van der Waals surface area contributed by atoms with Crippen LogP contribution in [0.3, 0.4) is 0 Å². The predicted molar refractivity (Wildman–Crippen MR) is 72.3 cm³/mol. The Morgan fingerprint density at radius 1 is 1.24 bits per heavy atom. The van der Waals surface area contributed by atoms with E-state index in [-0.39, 0.29) is 0 Å². The van der Waals surface area contributed by atoms with Crippen LogP contribution in [0.5, 0.6) is 0 Å². The molecule has 0 radical (unpaired) electrons. The fourth-order valence-electron chi connectivity index (χ4n) is 2.43. The van der Waals surface area contributed by atoms with Gasteiger partial charge in [0.15, 0.2) is 0 Å². The van der Waals surface area contributed by atoms with Crippen molar-refractivity contribution in [1.29, 1.82) is 0 Å². The van der Waals surface area contributed by atoms with Crippen LogP contribution in [0.4, 0.5) is 0 Å². The Balaban J connectivity index is 2.17. The minimum atomic E-state index is -0.417. The summed E-state index contributed by atoms with van der Waals surface area (Å²) in [6.45, 7) is 3.99. The van der Waals surface area contributed by atoms with Crippen molar-refractivity contribution in [1.82, 2.24) is 4.98 Å². The minimum Gasteiger partial charge on any atom is -0.383 e. The highest BCUT2D eigenvalue weighted by Gasteiger charge is 2.19. The van der Waals surface area contributed by atoms with E-state index >= 15 is 0 Å². The summed E-state index contributed by atoms with van der Waals surface area (Å²) >= 11 is 1.63. The van der Waals surface area contributed by atoms with Gasteiger partial charge >= 0.3 is 0 Å². The van der Waals surface area contributed by atoms with E-state index in [2.05, 4.69) is 11.1 Å². The smallest absolute Gasteiger partial charge is 0.111 e. The molecule has 0 fully saturated rings. The molecular weight excluding hydrogens is 230 g/mol. The van der Waals surface area contributed by atoms with Crippen LogP contribution in [0.1, 0.15) is 60.2 Å². The normalized spacial score (nSPS) is 19.4. The van der Waals surface area contributed by atoms with Crippen molar-refractivity contribution >= 4 is 11.3 Å². The number of thiazole rings is 1. The second kappa shape index (κ2) is 5.78. The molecule has 17 heavy (non-hydrogen) atoms. The van der Waals surface area contributed by atoms with E-state index in [9.17, 15) is 5.11 Å². The molecule has 1 heterocycles. The molecule has 3 heteroatoms. The van der Waals surface area contributed by atoms with Gasteiger partial charge in [0.05, 0.1) is 15.6 Å². The van der Waals surface area contributed by atoms with Crippen LogP contribution in [0, 0.1) is 13.8 Å². The lowest BCUT2D eigenvalue weighted by molar-refractivity contribution is 0.212. The zero-order valence-corrected chi connectivity index (χ0v) is 11.5. The van der Waals surface area contributed by atoms with Crippen molar-refractivity contribution in [3.63, 3.8) is 0 Å². The summed E-state index contributed by atoms with van der Waals surface area (Å²) in [7, 11) is 0. The molecule has 1 aliphatic rings. The van der Waals surface area contributed by atoms with Crippen LogP contribution in [0.15, 0.2) is 11.6 Å². The van der Waals surface area contributed by atoms with Crippen LogP contribution in [0.25, 0.3) is 0 Å². The first-order valence-electron chi connectivity index (χ1n) is 6.49. The number of aliphatic hydroxyl groups is 1. The van der Waals surface area contributed by atoms with Crippen molar-refractivity contribution in [3.05, 3.63) is 27.2 Å². The number of allylic oxidation sites excluding steroid dienone is 1. The molecule has 1 aliphatic carbocycles. The number of rotatable bonds is 2. The lowest BCUT2D eigenvalue weighted by Gasteiger charge is -2.16. The number of aliphatic hydroxyl groups excluding tert-OH is 1. The molecule has 1 atom stereocenters. The zero-order valence-electron chi connectivity index (χ0n) is 10.7. The van der Waals surface area contributed by atoms with Crippen molar-refractivity contribution in [2.45, 2.75) is 58.5 Å². The third kappa shape index (κ3) is 3.17. The van der Waals surface area contributed by atoms with Gasteiger partial charge in [0.25, 0.3) is 0 Å². The van der Waals surface area contributed by atoms with E-state index in [1.165, 1.54) is 31.3 Å². The maximum atomic E-state index is 10.5. The van der Waals surface area contributed by atoms with Crippen LogP contribution in [0.2, 0.25) is 0 Å². The van der Waals surface area contributed by atoms with Gasteiger partial charge in [0.1, 0.15) is 6.10 Å². The van der Waals surface area contributed by atoms with Gasteiger partial charge in [-0.3, -0.25) is 0 Å². The Morgan fingerprint density at radius 2 is 2.00 bits per heavy atom. The van der Waals surface area contributed by atoms with Gasteiger partial charge in [-0.2, -0.15) is 0 Å². The van der Waals surface area contributed by atoms with Crippen molar-refractivity contribution in [3.8, 4) is 0 Å². The number of aromatic nitrogens is 1. The summed E-state index contributed by atoms with van der Waals surface area (Å²) in [5.41, 5.74) is 2.19. The molecule has 2 rings (SSSR count). The van der Waals surface area contributed by atoms with E-state index in [0.29, 0.717) is 0 Å². The van der Waals surface area contributed by atoms with Gasteiger partial charge in [-0.15, -0.1) is 11.3 Å². The first kappa shape index (κ1) is 12.8. The second-order valence-corrected chi connectivity index (χ2v) is 6.05. The predicted octanol–water partition coefficient (Wildman–Crippen LogP) is 4.07. The Morgan fingerprint density at radius 3 is 2.71 bits per heavy atom. The van der Waals surface area contributed by atoms with Crippen molar-refractivity contribution < 1.29 is 5.11 Å². The van der Waals surface area contributed by atoms with E-state index < -0.39 is 6.10 Å². The Kier molecular flexibility index (Phi) is 4.35. The third-order valence-electron chi connectivity index (χ3n) is 3.37. The molecule has 0 saturated carbocycles. The molecule has 1 aromatic rings. The van der Waals surface area contributed by atoms with E-state index in [1.54, 1.807) is 11.3 Å². The molecule has 1 N–H and O–H groups in total. The topological polar surface area (TPSA) is 33.1 Å². The molecule has 1 unspecified atom stereocenters. The fraction of sp³-hybridized carbons (Fsp3) is 0.643. The van der Waals surface area contributed by atoms with E-state index in [4.69, 9.17) is 0 Å². The summed E-state index contributed by atoms with van der Waals surface area (Å²) in [6.07, 6.45) is 9.08. The SMILES string of the molecule is Cc1nc(C)c(C(O)C2=CCCCCCC2)s1. The number of hydrogen-bond donors (Lipinski definition) is 1. The summed E-state index contributed by atoms with van der Waals surface area (Å²) in [5, 5.41) is 11.5. The first-order chi connectivity index (χ1) is 8.18. The van der Waals surface area contributed by atoms with Gasteiger partial charge in [0.2, 0.25) is 0 Å². The van der Waals surface area contributed by atoms with Crippen molar-refractivity contribution in [2.75, 3.05) is 0 Å². The molecule has 2 nitrogen and oxygen atoms in total. The lowest BCUT2D eigenvalue weighted by atomic mass is 9.95. The first-order valence-corrected chi connectivity index (χ1v) is 7.31. The van der Waals surface area contributed by atoms with E-state index in [0.717, 1.165) is 28.4 Å². The zero-order chi connectivity index (χ0) is 12.3. The Bertz CT molecular complexity index is 408. The monoisotopic (exact) mass is 251 g/mol. The average molecular weight is 251 g/mol. The van der Waals surface area contributed by atoms with Gasteiger partial charge in [-0.05, 0) is 45.1 Å². The van der Waals surface area contributed by atoms with Crippen LogP contribution < -0.4 is 0 Å². The Hall–Kier alpha value is -0.670. The van der Waals surface area contributed by atoms with Gasteiger partial charge < -0.3 is 5.11 Å². The summed E-state index contributed by atoms with van der Waals surface area (Å²) < 4.78 is 0. The molecule has 94 valence electrons. The van der Waals surface area contributed by atoms with Crippen LogP contribution in [-0.2, 0) is 0 Å². The molecule has 0 saturated heterocycles. The summed E-state index contributed by atoms with van der Waals surface area (Å²) in [6, 6.07) is 0. The van der Waals surface area contributed by atoms with Gasteiger partial charge in [-0.25, -0.2) is 4.98 Å². The summed E-state index contributed by atoms with van der Waals surface area (Å²) in [5.74, 6) is 0. The number of nitrogens with zero attached hydrogens (tertiary/aromatic N) is 1. The van der Waals surface area contributed by atoms with Crippen LogP contribution in [-0.4, -0.2) is 10.1 Å². The molecular formula is C14H21NOS. The van der Waals surface area contributed by atoms with Crippen molar-refractivity contribution in [2.24, 2.45) is 0 Å². The fourth-order valence-corrected chi connectivity index (χ4v) is 3.39. The number of hydrogen-bond acceptors (Lipinski definition) is 3. The molecule has 1 aromatic heterocycles.